The van der Waals surface area contributed by atoms with E-state index in [4.69, 9.17) is 0 Å². The van der Waals surface area contributed by atoms with Crippen molar-refractivity contribution in [3.63, 3.8) is 0 Å². The summed E-state index contributed by atoms with van der Waals surface area (Å²) in [6.45, 7) is -1.53. The molecule has 0 spiro atoms. The average molecular weight is 362 g/mol. The Morgan fingerprint density at radius 3 is 1.36 bits per heavy atom. The highest BCUT2D eigenvalue weighted by atomic mass is 32.1. The molecule has 0 bridgehead atoms. The van der Waals surface area contributed by atoms with Gasteiger partial charge in [0.2, 0.25) is 0 Å². The van der Waals surface area contributed by atoms with Crippen LogP contribution in [0.4, 0.5) is 13.2 Å². The molecule has 0 nitrogen and oxygen atoms in total. The van der Waals surface area contributed by atoms with Crippen LogP contribution in [0.2, 0.25) is 0 Å². The van der Waals surface area contributed by atoms with Crippen molar-refractivity contribution in [2.24, 2.45) is 0 Å². The second-order valence-electron chi connectivity index (χ2n) is 4.96. The van der Waals surface area contributed by atoms with E-state index >= 15 is 0 Å². The van der Waals surface area contributed by atoms with Crippen LogP contribution in [-0.2, 0) is 6.42 Å². The van der Waals surface area contributed by atoms with Crippen molar-refractivity contribution < 1.29 is 13.2 Å². The van der Waals surface area contributed by atoms with Gasteiger partial charge in [0.15, 0.2) is 0 Å². The first-order valence-electron chi connectivity index (χ1n) is 7.84. The van der Waals surface area contributed by atoms with Gasteiger partial charge in [-0.25, -0.2) is 0 Å². The number of benzene rings is 3. The first-order chi connectivity index (χ1) is 12.0. The van der Waals surface area contributed by atoms with Gasteiger partial charge in [0.05, 0.1) is 0 Å². The van der Waals surface area contributed by atoms with Crippen LogP contribution < -0.4 is 0 Å². The molecule has 3 rings (SSSR count). The fourth-order valence-corrected chi connectivity index (χ4v) is 2.39. The Bertz CT molecular complexity index is 660. The zero-order chi connectivity index (χ0) is 18.5. The van der Waals surface area contributed by atoms with E-state index in [9.17, 15) is 13.2 Å². The molecule has 0 aliphatic rings. The molecule has 0 aliphatic heterocycles. The predicted octanol–water partition coefficient (Wildman–Crippen LogP) is 7.07. The van der Waals surface area contributed by atoms with Gasteiger partial charge in [0.1, 0.15) is 0 Å². The number of thiol groups is 1. The zero-order valence-corrected chi connectivity index (χ0v) is 14.8. The molecule has 25 heavy (non-hydrogen) atoms. The van der Waals surface area contributed by atoms with Gasteiger partial charge in [0.25, 0.3) is 0 Å². The smallest absolute Gasteiger partial charge is 0.174 e. The molecule has 0 fully saturated rings. The molecule has 0 saturated heterocycles. The summed E-state index contributed by atoms with van der Waals surface area (Å²) in [5.74, 6) is 0. The van der Waals surface area contributed by atoms with Crippen molar-refractivity contribution in [3.05, 3.63) is 90.5 Å². The quantitative estimate of drug-likeness (QED) is 0.463. The lowest BCUT2D eigenvalue weighted by Gasteiger charge is -1.98. The first-order valence-corrected chi connectivity index (χ1v) is 8.28. The van der Waals surface area contributed by atoms with Gasteiger partial charge in [-0.2, -0.15) is 13.2 Å². The molecular weight excluding hydrogens is 341 g/mol. The maximum Gasteiger partial charge on any atom is 0.379 e. The van der Waals surface area contributed by atoms with E-state index in [-0.39, 0.29) is 0 Å². The largest absolute Gasteiger partial charge is 0.379 e. The SMILES string of the molecule is CCc1ccccc1S.FC(F)F.c1ccc(-c2ccccc2)cc1. The van der Waals surface area contributed by atoms with Crippen LogP contribution in [0.15, 0.2) is 89.8 Å². The molecule has 0 atom stereocenters. The molecule has 3 aromatic carbocycles. The van der Waals surface area contributed by atoms with Gasteiger partial charge in [-0.1, -0.05) is 85.8 Å². The minimum Gasteiger partial charge on any atom is -0.174 e. The zero-order valence-electron chi connectivity index (χ0n) is 13.9. The van der Waals surface area contributed by atoms with E-state index in [0.717, 1.165) is 11.3 Å². The maximum absolute atomic E-state index is 9.67. The molecule has 0 unspecified atom stereocenters. The molecule has 0 aliphatic carbocycles. The third-order valence-corrected chi connectivity index (χ3v) is 3.69. The predicted molar refractivity (Wildman–Crippen MR) is 102 cm³/mol. The fourth-order valence-electron chi connectivity index (χ4n) is 2.07. The summed E-state index contributed by atoms with van der Waals surface area (Å²) >= 11 is 4.28. The topological polar surface area (TPSA) is 0 Å². The number of hydrogen-bond acceptors (Lipinski definition) is 1. The molecule has 3 aromatic rings. The Morgan fingerprint density at radius 1 is 0.680 bits per heavy atom. The van der Waals surface area contributed by atoms with Crippen molar-refractivity contribution >= 4 is 12.6 Å². The lowest BCUT2D eigenvalue weighted by Crippen LogP contribution is -1.79. The van der Waals surface area contributed by atoms with Crippen LogP contribution in [-0.4, -0.2) is 6.68 Å². The number of hydrogen-bond donors (Lipinski definition) is 1. The summed E-state index contributed by atoms with van der Waals surface area (Å²) in [6, 6.07) is 28.9. The van der Waals surface area contributed by atoms with Gasteiger partial charge in [-0.15, -0.1) is 12.6 Å². The minimum atomic E-state index is -3.67. The Morgan fingerprint density at radius 2 is 1.04 bits per heavy atom. The number of rotatable bonds is 2. The molecule has 0 amide bonds. The normalized spacial score (nSPS) is 9.52. The highest BCUT2D eigenvalue weighted by Crippen LogP contribution is 2.17. The van der Waals surface area contributed by atoms with E-state index in [1.165, 1.54) is 16.7 Å². The first kappa shape index (κ1) is 20.8. The maximum atomic E-state index is 9.67. The average Bonchev–Trinajstić information content (AvgIpc) is 2.64. The Kier molecular flexibility index (Phi) is 10.2. The highest BCUT2D eigenvalue weighted by Gasteiger charge is 1.92. The molecule has 0 N–H and O–H groups in total. The van der Waals surface area contributed by atoms with Gasteiger partial charge in [-0.3, -0.25) is 0 Å². The van der Waals surface area contributed by atoms with Crippen molar-refractivity contribution in [2.45, 2.75) is 24.9 Å². The van der Waals surface area contributed by atoms with Crippen molar-refractivity contribution in [2.75, 3.05) is 0 Å². The number of alkyl halides is 3. The van der Waals surface area contributed by atoms with Gasteiger partial charge in [-0.05, 0) is 29.2 Å². The van der Waals surface area contributed by atoms with E-state index in [1.807, 2.05) is 30.3 Å². The van der Waals surface area contributed by atoms with Crippen LogP contribution in [0.25, 0.3) is 11.1 Å². The Hall–Kier alpha value is -2.20. The summed E-state index contributed by atoms with van der Waals surface area (Å²) in [5.41, 5.74) is 3.87. The lowest BCUT2D eigenvalue weighted by atomic mass is 10.1. The van der Waals surface area contributed by atoms with Crippen molar-refractivity contribution in [1.29, 1.82) is 0 Å². The second kappa shape index (κ2) is 12.2. The molecule has 0 heterocycles. The third-order valence-electron chi connectivity index (χ3n) is 3.25. The van der Waals surface area contributed by atoms with Crippen molar-refractivity contribution in [1.82, 2.24) is 0 Å². The fraction of sp³-hybridized carbons (Fsp3) is 0.143. The summed E-state index contributed by atoms with van der Waals surface area (Å²) in [7, 11) is 0. The van der Waals surface area contributed by atoms with Crippen LogP contribution in [0.3, 0.4) is 0 Å². The molecule has 0 aromatic heterocycles. The van der Waals surface area contributed by atoms with E-state index in [2.05, 4.69) is 74.1 Å². The Labute approximate surface area is 152 Å². The minimum absolute atomic E-state index is 1.07. The number of aryl methyl sites for hydroxylation is 1. The molecule has 132 valence electrons. The molecular formula is C21H21F3S. The molecule has 0 radical (unpaired) electrons. The Balaban J connectivity index is 0.000000213. The molecule has 4 heteroatoms. The monoisotopic (exact) mass is 362 g/mol. The van der Waals surface area contributed by atoms with Crippen LogP contribution in [0.5, 0.6) is 0 Å². The van der Waals surface area contributed by atoms with Gasteiger partial charge < -0.3 is 0 Å². The second-order valence-corrected chi connectivity index (χ2v) is 5.44. The number of halogens is 3. The summed E-state index contributed by atoms with van der Waals surface area (Å²) in [6.07, 6.45) is 1.07. The standard InChI is InChI=1S/C12H10.C8H10S.CHF3/c1-3-7-11(8-4-1)12-9-5-2-6-10-12;1-2-7-5-3-4-6-8(7)9;2-1(3)4/h1-10H;3-6,9H,2H2,1H3;1H. The van der Waals surface area contributed by atoms with E-state index in [1.54, 1.807) is 0 Å². The highest BCUT2D eigenvalue weighted by molar-refractivity contribution is 7.80. The summed E-state index contributed by atoms with van der Waals surface area (Å²) in [5, 5.41) is 0. The van der Waals surface area contributed by atoms with Crippen LogP contribution in [0, 0.1) is 0 Å². The third kappa shape index (κ3) is 9.01. The summed E-state index contributed by atoms with van der Waals surface area (Å²) < 4.78 is 29.0. The molecule has 0 saturated carbocycles. The van der Waals surface area contributed by atoms with E-state index < -0.39 is 6.68 Å². The van der Waals surface area contributed by atoms with Crippen molar-refractivity contribution in [3.8, 4) is 11.1 Å². The van der Waals surface area contributed by atoms with E-state index in [0.29, 0.717) is 0 Å². The summed E-state index contributed by atoms with van der Waals surface area (Å²) in [4.78, 5) is 1.10. The van der Waals surface area contributed by atoms with Crippen LogP contribution in [0.1, 0.15) is 12.5 Å². The van der Waals surface area contributed by atoms with Gasteiger partial charge >= 0.3 is 6.68 Å². The van der Waals surface area contributed by atoms with Crippen LogP contribution >= 0.6 is 12.6 Å². The lowest BCUT2D eigenvalue weighted by molar-refractivity contribution is 0.00819. The van der Waals surface area contributed by atoms with Gasteiger partial charge in [0, 0.05) is 4.90 Å².